The van der Waals surface area contributed by atoms with Gasteiger partial charge in [-0.25, -0.2) is 4.98 Å². The number of benzene rings is 1. The standard InChI is InChI=1S/C13H13N3O/c1-9-7-11(12(17)8-10(9)2)15-16-13-5-3-4-6-14-13/h3-8,17H,1-2H3. The topological polar surface area (TPSA) is 57.8 Å². The number of azo groups is 1. The Morgan fingerprint density at radius 2 is 1.82 bits per heavy atom. The number of aryl methyl sites for hydroxylation is 2. The zero-order valence-electron chi connectivity index (χ0n) is 9.75. The van der Waals surface area contributed by atoms with E-state index in [9.17, 15) is 5.11 Å². The molecule has 4 nitrogen and oxygen atoms in total. The normalized spacial score (nSPS) is 10.9. The molecule has 0 unspecified atom stereocenters. The van der Waals surface area contributed by atoms with Gasteiger partial charge >= 0.3 is 0 Å². The molecule has 86 valence electrons. The Morgan fingerprint density at radius 1 is 1.06 bits per heavy atom. The molecule has 0 saturated heterocycles. The average Bonchev–Trinajstić information content (AvgIpc) is 2.33. The summed E-state index contributed by atoms with van der Waals surface area (Å²) in [6.07, 6.45) is 1.65. The van der Waals surface area contributed by atoms with E-state index in [1.807, 2.05) is 26.0 Å². The molecule has 1 heterocycles. The fraction of sp³-hybridized carbons (Fsp3) is 0.154. The summed E-state index contributed by atoms with van der Waals surface area (Å²) in [6, 6.07) is 8.88. The average molecular weight is 227 g/mol. The number of nitrogens with zero attached hydrogens (tertiary/aromatic N) is 3. The van der Waals surface area contributed by atoms with Gasteiger partial charge in [0.2, 0.25) is 0 Å². The smallest absolute Gasteiger partial charge is 0.174 e. The number of aromatic hydroxyl groups is 1. The first-order valence-corrected chi connectivity index (χ1v) is 5.30. The molecule has 0 aliphatic heterocycles. The minimum atomic E-state index is 0.132. The molecule has 0 atom stereocenters. The van der Waals surface area contributed by atoms with Crippen LogP contribution in [-0.4, -0.2) is 10.1 Å². The Kier molecular flexibility index (Phi) is 3.14. The number of pyridine rings is 1. The predicted octanol–water partition coefficient (Wildman–Crippen LogP) is 3.82. The van der Waals surface area contributed by atoms with Crippen molar-refractivity contribution in [2.75, 3.05) is 0 Å². The molecular weight excluding hydrogens is 214 g/mol. The zero-order chi connectivity index (χ0) is 12.3. The van der Waals surface area contributed by atoms with Crippen LogP contribution in [0.2, 0.25) is 0 Å². The van der Waals surface area contributed by atoms with Crippen LogP contribution in [0, 0.1) is 13.8 Å². The van der Waals surface area contributed by atoms with Crippen LogP contribution in [0.3, 0.4) is 0 Å². The van der Waals surface area contributed by atoms with Gasteiger partial charge in [-0.1, -0.05) is 6.07 Å². The van der Waals surface area contributed by atoms with E-state index in [1.54, 1.807) is 24.4 Å². The molecule has 1 aromatic heterocycles. The van der Waals surface area contributed by atoms with Crippen molar-refractivity contribution in [3.05, 3.63) is 47.7 Å². The van der Waals surface area contributed by atoms with Crippen molar-refractivity contribution in [1.82, 2.24) is 4.98 Å². The van der Waals surface area contributed by atoms with E-state index in [0.29, 0.717) is 11.5 Å². The SMILES string of the molecule is Cc1cc(O)c(N=Nc2ccccn2)cc1C. The Balaban J connectivity index is 2.31. The third-order valence-electron chi connectivity index (χ3n) is 2.50. The van der Waals surface area contributed by atoms with Crippen LogP contribution in [0.25, 0.3) is 0 Å². The molecule has 0 aliphatic carbocycles. The highest BCUT2D eigenvalue weighted by Gasteiger charge is 2.03. The summed E-state index contributed by atoms with van der Waals surface area (Å²) >= 11 is 0. The second kappa shape index (κ2) is 4.74. The van der Waals surface area contributed by atoms with Gasteiger partial charge in [-0.3, -0.25) is 0 Å². The Labute approximate surface area is 99.7 Å². The Morgan fingerprint density at radius 3 is 2.53 bits per heavy atom. The van der Waals surface area contributed by atoms with Gasteiger partial charge in [0.25, 0.3) is 0 Å². The van der Waals surface area contributed by atoms with Crippen LogP contribution >= 0.6 is 0 Å². The number of aromatic nitrogens is 1. The minimum absolute atomic E-state index is 0.132. The monoisotopic (exact) mass is 227 g/mol. The maximum atomic E-state index is 9.72. The van der Waals surface area contributed by atoms with Crippen LogP contribution in [0.4, 0.5) is 11.5 Å². The van der Waals surface area contributed by atoms with Gasteiger partial charge in [-0.2, -0.15) is 0 Å². The number of phenolic OH excluding ortho intramolecular Hbond substituents is 1. The second-order valence-corrected chi connectivity index (χ2v) is 3.81. The molecule has 1 aromatic carbocycles. The van der Waals surface area contributed by atoms with Gasteiger partial charge < -0.3 is 5.11 Å². The molecule has 4 heteroatoms. The third kappa shape index (κ3) is 2.66. The van der Waals surface area contributed by atoms with Gasteiger partial charge in [0.15, 0.2) is 5.82 Å². The summed E-state index contributed by atoms with van der Waals surface area (Å²) in [5.41, 5.74) is 2.55. The maximum absolute atomic E-state index is 9.72. The van der Waals surface area contributed by atoms with Crippen molar-refractivity contribution < 1.29 is 5.11 Å². The lowest BCUT2D eigenvalue weighted by atomic mass is 10.1. The third-order valence-corrected chi connectivity index (χ3v) is 2.50. The molecule has 2 aromatic rings. The Hall–Kier alpha value is -2.23. The van der Waals surface area contributed by atoms with Crippen LogP contribution in [0.5, 0.6) is 5.75 Å². The highest BCUT2D eigenvalue weighted by atomic mass is 16.3. The van der Waals surface area contributed by atoms with E-state index in [0.717, 1.165) is 11.1 Å². The van der Waals surface area contributed by atoms with Crippen molar-refractivity contribution >= 4 is 11.5 Å². The van der Waals surface area contributed by atoms with E-state index < -0.39 is 0 Å². The molecule has 0 bridgehead atoms. The first-order valence-electron chi connectivity index (χ1n) is 5.30. The lowest BCUT2D eigenvalue weighted by Gasteiger charge is -2.03. The summed E-state index contributed by atoms with van der Waals surface area (Å²) in [5, 5.41) is 17.7. The molecular formula is C13H13N3O. The lowest BCUT2D eigenvalue weighted by Crippen LogP contribution is -1.80. The second-order valence-electron chi connectivity index (χ2n) is 3.81. The summed E-state index contributed by atoms with van der Waals surface area (Å²) in [4.78, 5) is 4.02. The van der Waals surface area contributed by atoms with Crippen molar-refractivity contribution in [2.24, 2.45) is 10.2 Å². The molecule has 0 spiro atoms. The van der Waals surface area contributed by atoms with E-state index >= 15 is 0 Å². The highest BCUT2D eigenvalue weighted by Crippen LogP contribution is 2.30. The van der Waals surface area contributed by atoms with Crippen molar-refractivity contribution in [1.29, 1.82) is 0 Å². The first-order chi connectivity index (χ1) is 8.16. The van der Waals surface area contributed by atoms with E-state index in [2.05, 4.69) is 15.2 Å². The molecule has 0 aliphatic rings. The quantitative estimate of drug-likeness (QED) is 0.793. The summed E-state index contributed by atoms with van der Waals surface area (Å²) in [6.45, 7) is 3.91. The van der Waals surface area contributed by atoms with Gasteiger partial charge in [0.05, 0.1) is 0 Å². The molecule has 0 radical (unpaired) electrons. The fourth-order valence-corrected chi connectivity index (χ4v) is 1.38. The van der Waals surface area contributed by atoms with Crippen LogP contribution in [0.15, 0.2) is 46.8 Å². The first kappa shape index (κ1) is 11.3. The van der Waals surface area contributed by atoms with E-state index in [1.165, 1.54) is 0 Å². The largest absolute Gasteiger partial charge is 0.506 e. The zero-order valence-corrected chi connectivity index (χ0v) is 9.75. The summed E-state index contributed by atoms with van der Waals surface area (Å²) in [5.74, 6) is 0.651. The summed E-state index contributed by atoms with van der Waals surface area (Å²) < 4.78 is 0. The van der Waals surface area contributed by atoms with Gasteiger partial charge in [-0.15, -0.1) is 10.2 Å². The summed E-state index contributed by atoms with van der Waals surface area (Å²) in [7, 11) is 0. The van der Waals surface area contributed by atoms with Crippen molar-refractivity contribution in [3.8, 4) is 5.75 Å². The fourth-order valence-electron chi connectivity index (χ4n) is 1.38. The molecule has 0 amide bonds. The number of phenols is 1. The van der Waals surface area contributed by atoms with Gasteiger partial charge in [-0.05, 0) is 49.2 Å². The van der Waals surface area contributed by atoms with Crippen LogP contribution in [-0.2, 0) is 0 Å². The van der Waals surface area contributed by atoms with Gasteiger partial charge in [0, 0.05) is 6.20 Å². The number of rotatable bonds is 2. The molecule has 17 heavy (non-hydrogen) atoms. The van der Waals surface area contributed by atoms with Crippen molar-refractivity contribution in [3.63, 3.8) is 0 Å². The van der Waals surface area contributed by atoms with Gasteiger partial charge in [0.1, 0.15) is 11.4 Å². The van der Waals surface area contributed by atoms with E-state index in [-0.39, 0.29) is 5.75 Å². The Bertz CT molecular complexity index is 550. The minimum Gasteiger partial charge on any atom is -0.506 e. The number of hydrogen-bond acceptors (Lipinski definition) is 4. The highest BCUT2D eigenvalue weighted by molar-refractivity contribution is 5.54. The maximum Gasteiger partial charge on any atom is 0.174 e. The lowest BCUT2D eigenvalue weighted by molar-refractivity contribution is 0.476. The van der Waals surface area contributed by atoms with Crippen LogP contribution in [0.1, 0.15) is 11.1 Å². The van der Waals surface area contributed by atoms with E-state index in [4.69, 9.17) is 0 Å². The number of hydrogen-bond donors (Lipinski definition) is 1. The van der Waals surface area contributed by atoms with Crippen molar-refractivity contribution in [2.45, 2.75) is 13.8 Å². The molecule has 0 fully saturated rings. The molecule has 2 rings (SSSR count). The molecule has 1 N–H and O–H groups in total. The predicted molar refractivity (Wildman–Crippen MR) is 66.0 cm³/mol. The van der Waals surface area contributed by atoms with Crippen LogP contribution < -0.4 is 0 Å². The molecule has 0 saturated carbocycles.